The largest absolute Gasteiger partial charge is 0.418 e. The maximum absolute atomic E-state index is 14.4. The molecule has 2 aromatic carbocycles. The fraction of sp³-hybridized carbons (Fsp3) is 0.350. The summed E-state index contributed by atoms with van der Waals surface area (Å²) in [7, 11) is 0. The number of carbonyl (C=O) groups excluding carboxylic acids is 1. The molecule has 1 fully saturated rings. The summed E-state index contributed by atoms with van der Waals surface area (Å²) in [4.78, 5) is 12.2. The topological polar surface area (TPSA) is 76.4 Å². The summed E-state index contributed by atoms with van der Waals surface area (Å²) in [5.41, 5.74) is 3.35. The van der Waals surface area contributed by atoms with E-state index in [9.17, 15) is 26.7 Å². The highest BCUT2D eigenvalue weighted by atomic mass is 19.4. The molecule has 1 amide bonds. The molecule has 1 saturated heterocycles. The van der Waals surface area contributed by atoms with Gasteiger partial charge in [0, 0.05) is 24.4 Å². The predicted octanol–water partition coefficient (Wildman–Crippen LogP) is 3.77. The second-order valence-corrected chi connectivity index (χ2v) is 7.22. The van der Waals surface area contributed by atoms with Crippen LogP contribution in [0, 0.1) is 18.6 Å². The maximum Gasteiger partial charge on any atom is 0.418 e. The summed E-state index contributed by atoms with van der Waals surface area (Å²) in [5, 5.41) is 5.02. The van der Waals surface area contributed by atoms with E-state index in [1.165, 1.54) is 19.1 Å². The third kappa shape index (κ3) is 4.71. The summed E-state index contributed by atoms with van der Waals surface area (Å²) in [6.07, 6.45) is -4.44. The number of nitrogens with two attached hydrogens (primary N) is 1. The molecular weight excluding hydrogens is 409 g/mol. The van der Waals surface area contributed by atoms with E-state index in [-0.39, 0.29) is 30.0 Å². The highest BCUT2D eigenvalue weighted by Crippen LogP contribution is 2.37. The zero-order valence-electron chi connectivity index (χ0n) is 16.0. The standard InChI is InChI=1S/C20H20F5N3O2/c1-11-6-17(14(8-15(11)21)20(23,24)25)28-13-3-2-12(16(22)7-13)9-27-18(29)19(26)4-5-30-10-19/h2-3,6-8,28H,4-5,9-10,26H2,1H3,(H,27,29)/t19-/m0/s1. The molecule has 0 saturated carbocycles. The molecule has 0 spiro atoms. The number of nitrogens with one attached hydrogen (secondary N) is 2. The summed E-state index contributed by atoms with van der Waals surface area (Å²) >= 11 is 0. The van der Waals surface area contributed by atoms with Crippen molar-refractivity contribution < 1.29 is 31.5 Å². The van der Waals surface area contributed by atoms with Gasteiger partial charge < -0.3 is 21.1 Å². The number of carbonyl (C=O) groups is 1. The molecule has 162 valence electrons. The number of anilines is 2. The molecule has 0 unspecified atom stereocenters. The molecular formula is C20H20F5N3O2. The minimum Gasteiger partial charge on any atom is -0.379 e. The Morgan fingerprint density at radius 2 is 1.93 bits per heavy atom. The van der Waals surface area contributed by atoms with E-state index in [4.69, 9.17) is 10.5 Å². The molecule has 1 heterocycles. The summed E-state index contributed by atoms with van der Waals surface area (Å²) in [5.74, 6) is -2.20. The van der Waals surface area contributed by atoms with E-state index >= 15 is 0 Å². The molecule has 0 bridgehead atoms. The van der Waals surface area contributed by atoms with Gasteiger partial charge in [-0.2, -0.15) is 13.2 Å². The molecule has 0 radical (unpaired) electrons. The van der Waals surface area contributed by atoms with Crippen molar-refractivity contribution >= 4 is 17.3 Å². The fourth-order valence-electron chi connectivity index (χ4n) is 3.05. The van der Waals surface area contributed by atoms with Crippen molar-refractivity contribution in [3.8, 4) is 0 Å². The SMILES string of the molecule is Cc1cc(Nc2ccc(CNC(=O)[C@]3(N)CCOC3)c(F)c2)c(C(F)(F)F)cc1F. The lowest BCUT2D eigenvalue weighted by Gasteiger charge is -2.21. The normalized spacial score (nSPS) is 19.0. The average Bonchev–Trinajstić information content (AvgIpc) is 3.10. The number of amides is 1. The molecule has 1 aliphatic heterocycles. The Morgan fingerprint density at radius 1 is 1.20 bits per heavy atom. The van der Waals surface area contributed by atoms with Crippen LogP contribution in [0.4, 0.5) is 33.3 Å². The van der Waals surface area contributed by atoms with E-state index in [1.54, 1.807) is 0 Å². The minimum absolute atomic E-state index is 0.0110. The second kappa shape index (κ2) is 8.19. The molecule has 0 aliphatic carbocycles. The highest BCUT2D eigenvalue weighted by Gasteiger charge is 2.38. The van der Waals surface area contributed by atoms with Gasteiger partial charge in [-0.25, -0.2) is 8.78 Å². The van der Waals surface area contributed by atoms with E-state index < -0.39 is 40.5 Å². The number of halogens is 5. The van der Waals surface area contributed by atoms with Crippen LogP contribution in [0.1, 0.15) is 23.1 Å². The molecule has 4 N–H and O–H groups in total. The van der Waals surface area contributed by atoms with Crippen LogP contribution in [0.3, 0.4) is 0 Å². The van der Waals surface area contributed by atoms with Crippen molar-refractivity contribution in [3.63, 3.8) is 0 Å². The van der Waals surface area contributed by atoms with Crippen molar-refractivity contribution in [2.75, 3.05) is 18.5 Å². The lowest BCUT2D eigenvalue weighted by Crippen LogP contribution is -2.54. The minimum atomic E-state index is -4.79. The Hall–Kier alpha value is -2.72. The molecule has 0 aromatic heterocycles. The third-order valence-electron chi connectivity index (χ3n) is 4.88. The van der Waals surface area contributed by atoms with Crippen molar-refractivity contribution in [2.24, 2.45) is 5.73 Å². The molecule has 2 aromatic rings. The van der Waals surface area contributed by atoms with E-state index in [0.29, 0.717) is 19.1 Å². The lowest BCUT2D eigenvalue weighted by molar-refractivity contribution is -0.137. The van der Waals surface area contributed by atoms with Crippen LogP contribution >= 0.6 is 0 Å². The molecule has 30 heavy (non-hydrogen) atoms. The Balaban J connectivity index is 1.75. The molecule has 10 heteroatoms. The zero-order valence-corrected chi connectivity index (χ0v) is 16.0. The number of alkyl halides is 3. The van der Waals surface area contributed by atoms with Crippen LogP contribution in [0.15, 0.2) is 30.3 Å². The monoisotopic (exact) mass is 429 g/mol. The number of rotatable bonds is 5. The zero-order chi connectivity index (χ0) is 22.1. The van der Waals surface area contributed by atoms with Gasteiger partial charge in [0.25, 0.3) is 0 Å². The average molecular weight is 429 g/mol. The van der Waals surface area contributed by atoms with E-state index in [1.807, 2.05) is 0 Å². The predicted molar refractivity (Wildman–Crippen MR) is 100 cm³/mol. The Labute approximate surface area is 169 Å². The second-order valence-electron chi connectivity index (χ2n) is 7.22. The van der Waals surface area contributed by atoms with E-state index in [2.05, 4.69) is 10.6 Å². The van der Waals surface area contributed by atoms with Crippen LogP contribution in [-0.2, 0) is 22.3 Å². The van der Waals surface area contributed by atoms with Crippen molar-refractivity contribution in [1.82, 2.24) is 5.32 Å². The van der Waals surface area contributed by atoms with Gasteiger partial charge in [-0.1, -0.05) is 6.07 Å². The number of hydrogen-bond donors (Lipinski definition) is 3. The first-order chi connectivity index (χ1) is 14.0. The quantitative estimate of drug-likeness (QED) is 0.633. The van der Waals surface area contributed by atoms with Crippen molar-refractivity contribution in [2.45, 2.75) is 31.6 Å². The van der Waals surface area contributed by atoms with Gasteiger partial charge in [-0.15, -0.1) is 0 Å². The van der Waals surface area contributed by atoms with Crippen LogP contribution in [0.2, 0.25) is 0 Å². The third-order valence-corrected chi connectivity index (χ3v) is 4.88. The van der Waals surface area contributed by atoms with Crippen LogP contribution in [-0.4, -0.2) is 24.7 Å². The van der Waals surface area contributed by atoms with Crippen LogP contribution in [0.5, 0.6) is 0 Å². The fourth-order valence-corrected chi connectivity index (χ4v) is 3.05. The Kier molecular flexibility index (Phi) is 6.00. The molecule has 1 aliphatic rings. The Bertz CT molecular complexity index is 956. The van der Waals surface area contributed by atoms with Gasteiger partial charge in [0.1, 0.15) is 17.2 Å². The van der Waals surface area contributed by atoms with Crippen molar-refractivity contribution in [1.29, 1.82) is 0 Å². The van der Waals surface area contributed by atoms with Gasteiger partial charge in [-0.05, 0) is 43.2 Å². The first kappa shape index (κ1) is 22.0. The van der Waals surface area contributed by atoms with Gasteiger partial charge in [0.05, 0.1) is 17.9 Å². The Morgan fingerprint density at radius 3 is 2.53 bits per heavy atom. The summed E-state index contributed by atoms with van der Waals surface area (Å²) in [6, 6.07) is 5.09. The molecule has 1 atom stereocenters. The van der Waals surface area contributed by atoms with Crippen LogP contribution < -0.4 is 16.4 Å². The smallest absolute Gasteiger partial charge is 0.379 e. The van der Waals surface area contributed by atoms with Crippen molar-refractivity contribution in [3.05, 3.63) is 58.7 Å². The van der Waals surface area contributed by atoms with Gasteiger partial charge in [0.2, 0.25) is 5.91 Å². The summed E-state index contributed by atoms with van der Waals surface area (Å²) < 4.78 is 72.7. The highest BCUT2D eigenvalue weighted by molar-refractivity contribution is 5.86. The number of benzene rings is 2. The number of ether oxygens (including phenoxy) is 1. The summed E-state index contributed by atoms with van der Waals surface area (Å²) in [6.45, 7) is 1.62. The van der Waals surface area contributed by atoms with Crippen LogP contribution in [0.25, 0.3) is 0 Å². The van der Waals surface area contributed by atoms with Gasteiger partial charge >= 0.3 is 6.18 Å². The first-order valence-corrected chi connectivity index (χ1v) is 9.07. The number of hydrogen-bond acceptors (Lipinski definition) is 4. The van der Waals surface area contributed by atoms with E-state index in [0.717, 1.165) is 12.1 Å². The molecule has 3 rings (SSSR count). The molecule has 5 nitrogen and oxygen atoms in total. The van der Waals surface area contributed by atoms with Gasteiger partial charge in [0.15, 0.2) is 0 Å². The van der Waals surface area contributed by atoms with Gasteiger partial charge in [-0.3, -0.25) is 4.79 Å². The lowest BCUT2D eigenvalue weighted by atomic mass is 9.99. The first-order valence-electron chi connectivity index (χ1n) is 9.07. The maximum atomic E-state index is 14.4. The number of aryl methyl sites for hydroxylation is 1.